The number of para-hydroxylation sites is 1. The van der Waals surface area contributed by atoms with Crippen molar-refractivity contribution in [2.24, 2.45) is 0 Å². The molecule has 0 saturated carbocycles. The molecule has 6 heteroatoms. The highest BCUT2D eigenvalue weighted by Crippen LogP contribution is 2.41. The molecule has 2 heterocycles. The molecule has 2 aromatic heterocycles. The lowest BCUT2D eigenvalue weighted by Crippen LogP contribution is -2.07. The van der Waals surface area contributed by atoms with Gasteiger partial charge in [0.15, 0.2) is 0 Å². The lowest BCUT2D eigenvalue weighted by atomic mass is 9.93. The highest BCUT2D eigenvalue weighted by Gasteiger charge is 2.25. The van der Waals surface area contributed by atoms with Crippen LogP contribution >= 0.6 is 25.3 Å². The van der Waals surface area contributed by atoms with E-state index in [2.05, 4.69) is 77.7 Å². The van der Waals surface area contributed by atoms with E-state index in [0.29, 0.717) is 0 Å². The molecule has 212 valence electrons. The quantitative estimate of drug-likeness (QED) is 0.187. The standard InChI is InChI=1S/C37H28F2N2S2/c1-21-5-4-7-29-31-20-25(43)12-16-36(31)41(37(21)29)23-10-14-27(33(39)18-23)26-13-9-22(17-32(26)38)40-34-8-3-2-6-28(34)30-19-24(42)11-15-35(30)40/h2-4,6-10,12-14,16-21,42-43H,5,11,15H2,1H3. The second-order valence-corrected chi connectivity index (χ2v) is 12.6. The zero-order valence-electron chi connectivity index (χ0n) is 23.5. The number of benzene rings is 4. The maximum atomic E-state index is 15.9. The van der Waals surface area contributed by atoms with Crippen LogP contribution in [0.4, 0.5) is 8.78 Å². The number of halogens is 2. The van der Waals surface area contributed by atoms with Gasteiger partial charge < -0.3 is 9.13 Å². The molecule has 0 bridgehead atoms. The summed E-state index contributed by atoms with van der Waals surface area (Å²) in [6, 6.07) is 24.4. The molecule has 0 aliphatic heterocycles. The van der Waals surface area contributed by atoms with Crippen LogP contribution in [0.25, 0.3) is 56.5 Å². The summed E-state index contributed by atoms with van der Waals surface area (Å²) in [6.07, 6.45) is 9.04. The van der Waals surface area contributed by atoms with Crippen LogP contribution in [0.15, 0.2) is 94.7 Å². The Morgan fingerprint density at radius 3 is 2.16 bits per heavy atom. The zero-order valence-corrected chi connectivity index (χ0v) is 25.3. The predicted molar refractivity (Wildman–Crippen MR) is 180 cm³/mol. The van der Waals surface area contributed by atoms with E-state index >= 15 is 8.78 Å². The van der Waals surface area contributed by atoms with Gasteiger partial charge in [0.2, 0.25) is 0 Å². The molecule has 0 fully saturated rings. The van der Waals surface area contributed by atoms with Gasteiger partial charge in [-0.3, -0.25) is 0 Å². The molecule has 6 aromatic rings. The maximum Gasteiger partial charge on any atom is 0.133 e. The molecule has 8 rings (SSSR count). The largest absolute Gasteiger partial charge is 0.313 e. The minimum atomic E-state index is -0.459. The lowest BCUT2D eigenvalue weighted by Gasteiger charge is -2.20. The number of hydrogen-bond acceptors (Lipinski definition) is 2. The fraction of sp³-hybridized carbons (Fsp3) is 0.135. The van der Waals surface area contributed by atoms with Crippen LogP contribution in [0.1, 0.15) is 48.2 Å². The van der Waals surface area contributed by atoms with Crippen LogP contribution in [0.3, 0.4) is 0 Å². The summed E-state index contributed by atoms with van der Waals surface area (Å²) in [5.41, 5.74) is 8.53. The summed E-state index contributed by atoms with van der Waals surface area (Å²) in [6.45, 7) is 2.19. The first-order valence-electron chi connectivity index (χ1n) is 14.5. The summed E-state index contributed by atoms with van der Waals surface area (Å²) in [4.78, 5) is 1.93. The molecule has 43 heavy (non-hydrogen) atoms. The van der Waals surface area contributed by atoms with Crippen LogP contribution < -0.4 is 0 Å². The molecular formula is C37H28F2N2S2. The van der Waals surface area contributed by atoms with Gasteiger partial charge in [-0.25, -0.2) is 8.78 Å². The monoisotopic (exact) mass is 602 g/mol. The summed E-state index contributed by atoms with van der Waals surface area (Å²) in [5, 5.41) is 2.21. The van der Waals surface area contributed by atoms with Gasteiger partial charge in [0.1, 0.15) is 11.6 Å². The summed E-state index contributed by atoms with van der Waals surface area (Å²) < 4.78 is 36.1. The SMILES string of the molecule is CC1CC=Cc2c1n(-c1ccc(-c3ccc(-n4c5c(c6ccccc64)C=C(S)CC5)cc3F)c(F)c1)c1ccc(S)cc21. The van der Waals surface area contributed by atoms with E-state index in [1.807, 2.05) is 36.4 Å². The first-order chi connectivity index (χ1) is 20.9. The van der Waals surface area contributed by atoms with Crippen LogP contribution in [0.5, 0.6) is 0 Å². The Kier molecular flexibility index (Phi) is 6.21. The van der Waals surface area contributed by atoms with E-state index in [4.69, 9.17) is 0 Å². The number of rotatable bonds is 3. The molecule has 1 atom stereocenters. The number of allylic oxidation sites excluding steroid dienone is 2. The molecular weight excluding hydrogens is 575 g/mol. The second kappa shape index (κ2) is 10.0. The minimum Gasteiger partial charge on any atom is -0.313 e. The fourth-order valence-corrected chi connectivity index (χ4v) is 7.44. The fourth-order valence-electron chi connectivity index (χ4n) is 6.99. The van der Waals surface area contributed by atoms with E-state index in [1.165, 1.54) is 12.1 Å². The first kappa shape index (κ1) is 26.6. The molecule has 0 saturated heterocycles. The Bertz CT molecular complexity index is 2180. The van der Waals surface area contributed by atoms with Gasteiger partial charge in [0, 0.05) is 66.6 Å². The molecule has 2 aliphatic carbocycles. The Morgan fingerprint density at radius 1 is 0.721 bits per heavy atom. The van der Waals surface area contributed by atoms with Crippen LogP contribution in [0, 0.1) is 11.6 Å². The number of thiol groups is 2. The van der Waals surface area contributed by atoms with Crippen LogP contribution in [-0.4, -0.2) is 9.13 Å². The predicted octanol–water partition coefficient (Wildman–Crippen LogP) is 10.5. The van der Waals surface area contributed by atoms with Gasteiger partial charge in [0.25, 0.3) is 0 Å². The third-order valence-corrected chi connectivity index (χ3v) is 9.56. The van der Waals surface area contributed by atoms with Crippen molar-refractivity contribution < 1.29 is 8.78 Å². The first-order valence-corrected chi connectivity index (χ1v) is 15.4. The molecule has 2 nitrogen and oxygen atoms in total. The van der Waals surface area contributed by atoms with Crippen LogP contribution in [0.2, 0.25) is 0 Å². The van der Waals surface area contributed by atoms with Crippen molar-refractivity contribution in [3.8, 4) is 22.5 Å². The Labute approximate surface area is 259 Å². The average molecular weight is 603 g/mol. The Balaban J connectivity index is 1.23. The molecule has 0 radical (unpaired) electrons. The van der Waals surface area contributed by atoms with Gasteiger partial charge in [-0.2, -0.15) is 0 Å². The second-order valence-electron chi connectivity index (χ2n) is 11.6. The van der Waals surface area contributed by atoms with Crippen LogP contribution in [-0.2, 0) is 6.42 Å². The number of nitrogens with zero attached hydrogens (tertiary/aromatic N) is 2. The molecule has 4 aromatic carbocycles. The van der Waals surface area contributed by atoms with E-state index in [0.717, 1.165) is 84.8 Å². The van der Waals surface area contributed by atoms with E-state index in [1.54, 1.807) is 12.1 Å². The third-order valence-electron chi connectivity index (χ3n) is 8.93. The number of hydrogen-bond donors (Lipinski definition) is 2. The Morgan fingerprint density at radius 2 is 1.42 bits per heavy atom. The summed E-state index contributed by atoms with van der Waals surface area (Å²) in [7, 11) is 0. The molecule has 1 unspecified atom stereocenters. The summed E-state index contributed by atoms with van der Waals surface area (Å²) in [5.74, 6) is -0.644. The van der Waals surface area contributed by atoms with E-state index in [-0.39, 0.29) is 17.0 Å². The Hall–Kier alpha value is -4.00. The van der Waals surface area contributed by atoms with Crippen molar-refractivity contribution in [3.05, 3.63) is 124 Å². The van der Waals surface area contributed by atoms with Gasteiger partial charge in [0.05, 0.1) is 11.0 Å². The topological polar surface area (TPSA) is 9.86 Å². The zero-order chi connectivity index (χ0) is 29.4. The molecule has 2 aliphatic rings. The maximum absolute atomic E-state index is 15.9. The minimum absolute atomic E-state index is 0.241. The third kappa shape index (κ3) is 4.15. The van der Waals surface area contributed by atoms with E-state index < -0.39 is 11.6 Å². The van der Waals surface area contributed by atoms with Crippen molar-refractivity contribution >= 4 is 59.2 Å². The number of aromatic nitrogens is 2. The lowest BCUT2D eigenvalue weighted by molar-refractivity contribution is 0.614. The van der Waals surface area contributed by atoms with Crippen molar-refractivity contribution in [1.29, 1.82) is 0 Å². The summed E-state index contributed by atoms with van der Waals surface area (Å²) >= 11 is 9.18. The highest BCUT2D eigenvalue weighted by atomic mass is 32.1. The van der Waals surface area contributed by atoms with Gasteiger partial charge in [-0.05, 0) is 90.9 Å². The normalized spacial score (nSPS) is 16.0. The highest BCUT2D eigenvalue weighted by molar-refractivity contribution is 7.84. The smallest absolute Gasteiger partial charge is 0.133 e. The van der Waals surface area contributed by atoms with E-state index in [9.17, 15) is 0 Å². The number of fused-ring (bicyclic) bond motifs is 6. The van der Waals surface area contributed by atoms with Crippen molar-refractivity contribution in [3.63, 3.8) is 0 Å². The van der Waals surface area contributed by atoms with Crippen molar-refractivity contribution in [1.82, 2.24) is 9.13 Å². The van der Waals surface area contributed by atoms with Gasteiger partial charge >= 0.3 is 0 Å². The van der Waals surface area contributed by atoms with Crippen molar-refractivity contribution in [2.45, 2.75) is 37.0 Å². The average Bonchev–Trinajstić information content (AvgIpc) is 3.50. The molecule has 0 spiro atoms. The van der Waals surface area contributed by atoms with Gasteiger partial charge in [-0.15, -0.1) is 25.3 Å². The van der Waals surface area contributed by atoms with Gasteiger partial charge in [-0.1, -0.05) is 37.3 Å². The molecule has 0 amide bonds. The van der Waals surface area contributed by atoms with Crippen molar-refractivity contribution in [2.75, 3.05) is 0 Å². The molecule has 0 N–H and O–H groups in total.